The van der Waals surface area contributed by atoms with Crippen molar-refractivity contribution in [2.75, 3.05) is 46.2 Å². The van der Waals surface area contributed by atoms with Crippen LogP contribution in [0.4, 0.5) is 5.95 Å². The number of piperidine rings is 1. The number of hydrogen-bond donors (Lipinski definition) is 0. The number of rotatable bonds is 3. The summed E-state index contributed by atoms with van der Waals surface area (Å²) in [6, 6.07) is 0. The fraction of sp³-hybridized carbons (Fsp3) is 0.733. The van der Waals surface area contributed by atoms with E-state index in [0.717, 1.165) is 31.4 Å². The highest BCUT2D eigenvalue weighted by Gasteiger charge is 2.46. The summed E-state index contributed by atoms with van der Waals surface area (Å²) in [7, 11) is 3.65. The van der Waals surface area contributed by atoms with Crippen molar-refractivity contribution < 1.29 is 8.42 Å². The minimum atomic E-state index is -3.38. The summed E-state index contributed by atoms with van der Waals surface area (Å²) >= 11 is 0. The first-order chi connectivity index (χ1) is 10.8. The highest BCUT2D eigenvalue weighted by molar-refractivity contribution is 7.86. The SMILES string of the molecule is CN(C)c1ncc2c(n1)C1(CCCN(S(=O)(=O)N(C)C)C1)CC2. The molecule has 1 aliphatic carbocycles. The van der Waals surface area contributed by atoms with Crippen LogP contribution in [0, 0.1) is 0 Å². The molecular formula is C15H25N5O2S. The summed E-state index contributed by atoms with van der Waals surface area (Å²) in [5.41, 5.74) is 2.05. The Labute approximate surface area is 138 Å². The summed E-state index contributed by atoms with van der Waals surface area (Å²) in [4.78, 5) is 11.1. The van der Waals surface area contributed by atoms with Gasteiger partial charge in [0.1, 0.15) is 0 Å². The van der Waals surface area contributed by atoms with Crippen LogP contribution in [0.1, 0.15) is 30.5 Å². The Balaban J connectivity index is 1.97. The van der Waals surface area contributed by atoms with E-state index in [1.165, 1.54) is 9.87 Å². The van der Waals surface area contributed by atoms with Gasteiger partial charge < -0.3 is 4.90 Å². The van der Waals surface area contributed by atoms with Crippen LogP contribution in [0.25, 0.3) is 0 Å². The normalized spacial score (nSPS) is 25.1. The highest BCUT2D eigenvalue weighted by Crippen LogP contribution is 2.44. The quantitative estimate of drug-likeness (QED) is 0.808. The first-order valence-electron chi connectivity index (χ1n) is 7.98. The maximum absolute atomic E-state index is 12.5. The molecule has 1 fully saturated rings. The molecule has 0 N–H and O–H groups in total. The third-order valence-electron chi connectivity index (χ3n) is 4.96. The smallest absolute Gasteiger partial charge is 0.281 e. The molecule has 1 spiro atoms. The van der Waals surface area contributed by atoms with Crippen molar-refractivity contribution >= 4 is 16.2 Å². The second kappa shape index (κ2) is 5.68. The fourth-order valence-electron chi connectivity index (χ4n) is 3.66. The molecule has 2 aliphatic rings. The van der Waals surface area contributed by atoms with Gasteiger partial charge in [-0.2, -0.15) is 17.0 Å². The van der Waals surface area contributed by atoms with Crippen LogP contribution in [0.15, 0.2) is 6.20 Å². The van der Waals surface area contributed by atoms with Gasteiger partial charge in [0, 0.05) is 52.9 Å². The van der Waals surface area contributed by atoms with Crippen LogP contribution in [-0.2, 0) is 22.0 Å². The standard InChI is InChI=1S/C15H25N5O2S/c1-18(2)14-16-10-12-6-8-15(13(12)17-14)7-5-9-20(11-15)23(21,22)19(3)4/h10H,5-9,11H2,1-4H3. The molecule has 0 amide bonds. The molecule has 3 rings (SSSR count). The van der Waals surface area contributed by atoms with Gasteiger partial charge in [0.25, 0.3) is 10.2 Å². The van der Waals surface area contributed by atoms with Crippen molar-refractivity contribution in [1.82, 2.24) is 18.6 Å². The van der Waals surface area contributed by atoms with E-state index in [1.807, 2.05) is 25.2 Å². The van der Waals surface area contributed by atoms with E-state index in [4.69, 9.17) is 4.98 Å². The molecular weight excluding hydrogens is 314 g/mol. The van der Waals surface area contributed by atoms with E-state index < -0.39 is 10.2 Å². The Hall–Kier alpha value is -1.25. The van der Waals surface area contributed by atoms with Crippen LogP contribution in [0.2, 0.25) is 0 Å². The molecule has 0 bridgehead atoms. The van der Waals surface area contributed by atoms with Crippen molar-refractivity contribution in [2.45, 2.75) is 31.1 Å². The van der Waals surface area contributed by atoms with E-state index in [2.05, 4.69) is 4.98 Å². The molecule has 2 heterocycles. The Morgan fingerprint density at radius 2 is 1.96 bits per heavy atom. The maximum atomic E-state index is 12.5. The van der Waals surface area contributed by atoms with E-state index in [9.17, 15) is 8.42 Å². The lowest BCUT2D eigenvalue weighted by Gasteiger charge is -2.40. The summed E-state index contributed by atoms with van der Waals surface area (Å²) in [6.45, 7) is 1.10. The molecule has 1 aromatic heterocycles. The fourth-order valence-corrected chi connectivity index (χ4v) is 4.89. The molecule has 128 valence electrons. The molecule has 8 heteroatoms. The van der Waals surface area contributed by atoms with Gasteiger partial charge in [-0.15, -0.1) is 0 Å². The van der Waals surface area contributed by atoms with Crippen LogP contribution in [0.3, 0.4) is 0 Å². The predicted octanol–water partition coefficient (Wildman–Crippen LogP) is 0.629. The molecule has 1 aromatic rings. The minimum Gasteiger partial charge on any atom is -0.347 e. The number of hydrogen-bond acceptors (Lipinski definition) is 5. The first-order valence-corrected chi connectivity index (χ1v) is 9.37. The monoisotopic (exact) mass is 339 g/mol. The van der Waals surface area contributed by atoms with Crippen molar-refractivity contribution in [3.8, 4) is 0 Å². The topological polar surface area (TPSA) is 69.6 Å². The summed E-state index contributed by atoms with van der Waals surface area (Å²) in [5, 5.41) is 0. The lowest BCUT2D eigenvalue weighted by Crippen LogP contribution is -2.51. The molecule has 0 saturated carbocycles. The molecule has 1 aliphatic heterocycles. The van der Waals surface area contributed by atoms with Crippen LogP contribution < -0.4 is 4.90 Å². The number of anilines is 1. The van der Waals surface area contributed by atoms with Gasteiger partial charge in [0.05, 0.1) is 5.69 Å². The predicted molar refractivity (Wildman–Crippen MR) is 89.8 cm³/mol. The van der Waals surface area contributed by atoms with E-state index >= 15 is 0 Å². The van der Waals surface area contributed by atoms with E-state index in [-0.39, 0.29) is 5.41 Å². The Kier molecular flexibility index (Phi) is 4.10. The number of aromatic nitrogens is 2. The molecule has 0 aromatic carbocycles. The van der Waals surface area contributed by atoms with Gasteiger partial charge in [0.2, 0.25) is 5.95 Å². The van der Waals surface area contributed by atoms with Gasteiger partial charge in [0.15, 0.2) is 0 Å². The van der Waals surface area contributed by atoms with Crippen LogP contribution in [-0.4, -0.2) is 68.3 Å². The van der Waals surface area contributed by atoms with Crippen molar-refractivity contribution in [3.63, 3.8) is 0 Å². The molecule has 1 unspecified atom stereocenters. The zero-order valence-corrected chi connectivity index (χ0v) is 15.1. The van der Waals surface area contributed by atoms with Crippen molar-refractivity contribution in [3.05, 3.63) is 17.5 Å². The largest absolute Gasteiger partial charge is 0.347 e. The van der Waals surface area contributed by atoms with Gasteiger partial charge in [-0.3, -0.25) is 0 Å². The summed E-state index contributed by atoms with van der Waals surface area (Å²) in [5.74, 6) is 0.692. The molecule has 1 saturated heterocycles. The second-order valence-corrected chi connectivity index (χ2v) is 9.09. The Bertz CT molecular complexity index is 700. The third kappa shape index (κ3) is 2.72. The Morgan fingerprint density at radius 1 is 1.22 bits per heavy atom. The zero-order valence-electron chi connectivity index (χ0n) is 14.3. The summed E-state index contributed by atoms with van der Waals surface area (Å²) in [6.07, 6.45) is 5.65. The van der Waals surface area contributed by atoms with Gasteiger partial charge in [-0.25, -0.2) is 9.97 Å². The second-order valence-electron chi connectivity index (χ2n) is 6.95. The Morgan fingerprint density at radius 3 is 2.61 bits per heavy atom. The van der Waals surface area contributed by atoms with Crippen LogP contribution in [0.5, 0.6) is 0 Å². The average molecular weight is 339 g/mol. The maximum Gasteiger partial charge on any atom is 0.281 e. The van der Waals surface area contributed by atoms with Crippen molar-refractivity contribution in [1.29, 1.82) is 0 Å². The zero-order chi connectivity index (χ0) is 16.8. The number of nitrogens with zero attached hydrogens (tertiary/aromatic N) is 5. The lowest BCUT2D eigenvalue weighted by molar-refractivity contribution is 0.212. The van der Waals surface area contributed by atoms with Gasteiger partial charge in [-0.05, 0) is 31.2 Å². The number of aryl methyl sites for hydroxylation is 1. The molecule has 1 atom stereocenters. The van der Waals surface area contributed by atoms with Crippen LogP contribution >= 0.6 is 0 Å². The summed E-state index contributed by atoms with van der Waals surface area (Å²) < 4.78 is 28.0. The number of fused-ring (bicyclic) bond motifs is 2. The average Bonchev–Trinajstić information content (AvgIpc) is 2.85. The van der Waals surface area contributed by atoms with Gasteiger partial charge >= 0.3 is 0 Å². The minimum absolute atomic E-state index is 0.162. The lowest BCUT2D eigenvalue weighted by atomic mass is 9.78. The molecule has 0 radical (unpaired) electrons. The first kappa shape index (κ1) is 16.6. The molecule has 7 nitrogen and oxygen atoms in total. The molecule has 23 heavy (non-hydrogen) atoms. The third-order valence-corrected chi connectivity index (χ3v) is 6.84. The highest BCUT2D eigenvalue weighted by atomic mass is 32.2. The van der Waals surface area contributed by atoms with E-state index in [1.54, 1.807) is 18.4 Å². The van der Waals surface area contributed by atoms with E-state index in [0.29, 0.717) is 19.0 Å². The van der Waals surface area contributed by atoms with Crippen molar-refractivity contribution in [2.24, 2.45) is 0 Å². The van der Waals surface area contributed by atoms with Gasteiger partial charge in [-0.1, -0.05) is 0 Å².